The molecular weight excluding hydrogens is 180 g/mol. The van der Waals surface area contributed by atoms with E-state index in [0.29, 0.717) is 12.0 Å². The summed E-state index contributed by atoms with van der Waals surface area (Å²) in [6, 6.07) is 0. The van der Waals surface area contributed by atoms with Crippen LogP contribution in [0, 0.1) is 5.92 Å². The quantitative estimate of drug-likeness (QED) is 0.650. The second kappa shape index (κ2) is 6.72. The fourth-order valence-corrected chi connectivity index (χ4v) is 2.25. The summed E-state index contributed by atoms with van der Waals surface area (Å²) < 4.78 is 5.86. The van der Waals surface area contributed by atoms with Crippen molar-refractivity contribution in [2.75, 3.05) is 12.4 Å². The Morgan fingerprint density at radius 2 is 2.08 bits per heavy atom. The van der Waals surface area contributed by atoms with Gasteiger partial charge in [-0.25, -0.2) is 0 Å². The van der Waals surface area contributed by atoms with Gasteiger partial charge in [-0.1, -0.05) is 26.2 Å². The highest BCUT2D eigenvalue weighted by atomic mass is 32.1. The molecule has 2 heteroatoms. The summed E-state index contributed by atoms with van der Waals surface area (Å²) in [5.41, 5.74) is 0. The first-order valence-electron chi connectivity index (χ1n) is 5.59. The zero-order chi connectivity index (χ0) is 9.52. The van der Waals surface area contributed by atoms with Crippen LogP contribution in [0.1, 0.15) is 45.4 Å². The molecule has 1 rings (SSSR count). The van der Waals surface area contributed by atoms with Gasteiger partial charge in [-0.15, -0.1) is 0 Å². The number of ether oxygens (including phenoxy) is 1. The molecule has 13 heavy (non-hydrogen) atoms. The Hall–Kier alpha value is 0.310. The lowest BCUT2D eigenvalue weighted by atomic mass is 10.1. The van der Waals surface area contributed by atoms with E-state index in [9.17, 15) is 0 Å². The minimum Gasteiger partial charge on any atom is -0.378 e. The number of thiol groups is 1. The first-order valence-corrected chi connectivity index (χ1v) is 6.22. The number of hydrogen-bond donors (Lipinski definition) is 1. The summed E-state index contributed by atoms with van der Waals surface area (Å²) in [5.74, 6) is 1.65. The molecule has 1 unspecified atom stereocenters. The molecular formula is C11H22OS. The molecule has 0 spiro atoms. The number of rotatable bonds is 6. The zero-order valence-electron chi connectivity index (χ0n) is 8.67. The van der Waals surface area contributed by atoms with Gasteiger partial charge in [0.25, 0.3) is 0 Å². The molecule has 0 N–H and O–H groups in total. The third kappa shape index (κ3) is 4.37. The Balaban J connectivity index is 2.07. The third-order valence-corrected chi connectivity index (χ3v) is 3.34. The van der Waals surface area contributed by atoms with Gasteiger partial charge in [-0.05, 0) is 30.9 Å². The van der Waals surface area contributed by atoms with Crippen molar-refractivity contribution in [3.63, 3.8) is 0 Å². The molecule has 0 aromatic rings. The SMILES string of the molecule is CCCC(CS)COC1CCCC1. The van der Waals surface area contributed by atoms with Gasteiger partial charge in [-0.2, -0.15) is 12.6 Å². The molecule has 78 valence electrons. The molecule has 0 heterocycles. The fourth-order valence-electron chi connectivity index (χ4n) is 1.96. The van der Waals surface area contributed by atoms with E-state index in [1.54, 1.807) is 0 Å². The summed E-state index contributed by atoms with van der Waals surface area (Å²) in [4.78, 5) is 0. The largest absolute Gasteiger partial charge is 0.378 e. The van der Waals surface area contributed by atoms with Crippen molar-refractivity contribution in [3.05, 3.63) is 0 Å². The van der Waals surface area contributed by atoms with Crippen molar-refractivity contribution >= 4 is 12.6 Å². The van der Waals surface area contributed by atoms with E-state index in [1.807, 2.05) is 0 Å². The Morgan fingerprint density at radius 3 is 2.62 bits per heavy atom. The van der Waals surface area contributed by atoms with Crippen LogP contribution in [-0.4, -0.2) is 18.5 Å². The van der Waals surface area contributed by atoms with E-state index in [4.69, 9.17) is 4.74 Å². The smallest absolute Gasteiger partial charge is 0.0575 e. The van der Waals surface area contributed by atoms with Gasteiger partial charge in [0.15, 0.2) is 0 Å². The average Bonchev–Trinajstić information content (AvgIpc) is 2.64. The lowest BCUT2D eigenvalue weighted by Gasteiger charge is -2.17. The molecule has 0 aromatic carbocycles. The summed E-state index contributed by atoms with van der Waals surface area (Å²) >= 11 is 4.35. The van der Waals surface area contributed by atoms with Crippen LogP contribution in [0.15, 0.2) is 0 Å². The first kappa shape index (κ1) is 11.4. The molecule has 0 radical (unpaired) electrons. The van der Waals surface area contributed by atoms with E-state index in [0.717, 1.165) is 12.4 Å². The van der Waals surface area contributed by atoms with E-state index in [-0.39, 0.29) is 0 Å². The molecule has 0 saturated heterocycles. The molecule has 1 aliphatic carbocycles. The van der Waals surface area contributed by atoms with Gasteiger partial charge in [-0.3, -0.25) is 0 Å². The Labute approximate surface area is 87.7 Å². The second-order valence-corrected chi connectivity index (χ2v) is 4.44. The maximum atomic E-state index is 5.86. The van der Waals surface area contributed by atoms with Crippen molar-refractivity contribution in [3.8, 4) is 0 Å². The van der Waals surface area contributed by atoms with Crippen LogP contribution in [0.2, 0.25) is 0 Å². The Morgan fingerprint density at radius 1 is 1.38 bits per heavy atom. The standard InChI is InChI=1S/C11H22OS/c1-2-5-10(9-13)8-12-11-6-3-4-7-11/h10-11,13H,2-9H2,1H3. The molecule has 1 fully saturated rings. The molecule has 1 saturated carbocycles. The molecule has 0 amide bonds. The summed E-state index contributed by atoms with van der Waals surface area (Å²) in [6.07, 6.45) is 8.37. The van der Waals surface area contributed by atoms with Gasteiger partial charge in [0.2, 0.25) is 0 Å². The highest BCUT2D eigenvalue weighted by molar-refractivity contribution is 7.80. The summed E-state index contributed by atoms with van der Waals surface area (Å²) in [6.45, 7) is 3.16. The van der Waals surface area contributed by atoms with Crippen molar-refractivity contribution in [1.82, 2.24) is 0 Å². The minimum atomic E-state index is 0.569. The van der Waals surface area contributed by atoms with Crippen LogP contribution in [0.25, 0.3) is 0 Å². The minimum absolute atomic E-state index is 0.569. The van der Waals surface area contributed by atoms with Gasteiger partial charge in [0.05, 0.1) is 12.7 Å². The van der Waals surface area contributed by atoms with Crippen molar-refractivity contribution in [2.24, 2.45) is 5.92 Å². The van der Waals surface area contributed by atoms with Gasteiger partial charge < -0.3 is 4.74 Å². The molecule has 1 nitrogen and oxygen atoms in total. The molecule has 1 atom stereocenters. The predicted octanol–water partition coefficient (Wildman–Crippen LogP) is 3.29. The highest BCUT2D eigenvalue weighted by Crippen LogP contribution is 2.22. The monoisotopic (exact) mass is 202 g/mol. The summed E-state index contributed by atoms with van der Waals surface area (Å²) in [5, 5.41) is 0. The van der Waals surface area contributed by atoms with Crippen molar-refractivity contribution in [2.45, 2.75) is 51.6 Å². The molecule has 0 bridgehead atoms. The highest BCUT2D eigenvalue weighted by Gasteiger charge is 2.16. The van der Waals surface area contributed by atoms with Crippen LogP contribution in [0.3, 0.4) is 0 Å². The maximum absolute atomic E-state index is 5.86. The first-order chi connectivity index (χ1) is 6.36. The van der Waals surface area contributed by atoms with E-state index in [2.05, 4.69) is 19.6 Å². The van der Waals surface area contributed by atoms with Crippen LogP contribution in [0.5, 0.6) is 0 Å². The molecule has 0 aliphatic heterocycles. The van der Waals surface area contributed by atoms with Crippen molar-refractivity contribution in [1.29, 1.82) is 0 Å². The molecule has 0 aromatic heterocycles. The predicted molar refractivity (Wildman–Crippen MR) is 60.5 cm³/mol. The van der Waals surface area contributed by atoms with Gasteiger partial charge in [0, 0.05) is 0 Å². The number of hydrogen-bond acceptors (Lipinski definition) is 2. The Bertz CT molecular complexity index is 121. The average molecular weight is 202 g/mol. The normalized spacial score (nSPS) is 20.8. The van der Waals surface area contributed by atoms with Crippen molar-refractivity contribution < 1.29 is 4.74 Å². The van der Waals surface area contributed by atoms with Crippen LogP contribution < -0.4 is 0 Å². The third-order valence-electron chi connectivity index (χ3n) is 2.82. The van der Waals surface area contributed by atoms with E-state index < -0.39 is 0 Å². The lowest BCUT2D eigenvalue weighted by Crippen LogP contribution is -2.16. The van der Waals surface area contributed by atoms with Crippen LogP contribution in [0.4, 0.5) is 0 Å². The topological polar surface area (TPSA) is 9.23 Å². The molecule has 1 aliphatic rings. The fraction of sp³-hybridized carbons (Fsp3) is 1.00. The van der Waals surface area contributed by atoms with Crippen LogP contribution in [-0.2, 0) is 4.74 Å². The lowest BCUT2D eigenvalue weighted by molar-refractivity contribution is 0.0364. The summed E-state index contributed by atoms with van der Waals surface area (Å²) in [7, 11) is 0. The Kier molecular flexibility index (Phi) is 5.88. The zero-order valence-corrected chi connectivity index (χ0v) is 9.56. The van der Waals surface area contributed by atoms with Gasteiger partial charge in [0.1, 0.15) is 0 Å². The second-order valence-electron chi connectivity index (χ2n) is 4.08. The van der Waals surface area contributed by atoms with E-state index >= 15 is 0 Å². The van der Waals surface area contributed by atoms with E-state index in [1.165, 1.54) is 38.5 Å². The maximum Gasteiger partial charge on any atom is 0.0575 e. The van der Waals surface area contributed by atoms with Gasteiger partial charge >= 0.3 is 0 Å². The van der Waals surface area contributed by atoms with Crippen LogP contribution >= 0.6 is 12.6 Å².